The number of H-pyrrole nitrogens is 1. The van der Waals surface area contributed by atoms with Crippen molar-refractivity contribution in [1.29, 1.82) is 0 Å². The molecule has 2 heteroatoms. The Balaban J connectivity index is 2.12. The zero-order chi connectivity index (χ0) is 11.1. The minimum absolute atomic E-state index is 0.223. The molecule has 84 valence electrons. The Kier molecular flexibility index (Phi) is 2.25. The van der Waals surface area contributed by atoms with Gasteiger partial charge < -0.3 is 10.7 Å². The third-order valence-corrected chi connectivity index (χ3v) is 3.70. The van der Waals surface area contributed by atoms with Crippen molar-refractivity contribution >= 4 is 10.9 Å². The first-order valence-electron chi connectivity index (χ1n) is 6.15. The van der Waals surface area contributed by atoms with Crippen molar-refractivity contribution in [2.45, 2.75) is 32.2 Å². The fourth-order valence-corrected chi connectivity index (χ4v) is 2.52. The summed E-state index contributed by atoms with van der Waals surface area (Å²) < 4.78 is 0. The number of rotatable bonds is 3. The zero-order valence-electron chi connectivity index (χ0n) is 9.66. The number of para-hydroxylation sites is 1. The molecule has 1 saturated carbocycles. The highest BCUT2D eigenvalue weighted by Gasteiger charge is 2.30. The van der Waals surface area contributed by atoms with Crippen LogP contribution in [0, 0.1) is 5.92 Å². The number of fused-ring (bicyclic) bond motifs is 1. The highest BCUT2D eigenvalue weighted by molar-refractivity contribution is 5.86. The van der Waals surface area contributed by atoms with Crippen molar-refractivity contribution in [1.82, 2.24) is 4.98 Å². The minimum Gasteiger partial charge on any atom is -0.361 e. The van der Waals surface area contributed by atoms with Gasteiger partial charge in [0.1, 0.15) is 0 Å². The van der Waals surface area contributed by atoms with Gasteiger partial charge in [0.25, 0.3) is 0 Å². The van der Waals surface area contributed by atoms with Crippen LogP contribution in [0.2, 0.25) is 0 Å². The summed E-state index contributed by atoms with van der Waals surface area (Å²) in [6.45, 7) is 2.19. The topological polar surface area (TPSA) is 41.8 Å². The fourth-order valence-electron chi connectivity index (χ4n) is 2.52. The summed E-state index contributed by atoms with van der Waals surface area (Å²) in [7, 11) is 0. The molecule has 1 unspecified atom stereocenters. The van der Waals surface area contributed by atoms with Gasteiger partial charge in [-0.2, -0.15) is 0 Å². The van der Waals surface area contributed by atoms with Crippen molar-refractivity contribution in [3.05, 3.63) is 35.5 Å². The lowest BCUT2D eigenvalue weighted by molar-refractivity contribution is 0.638. The number of aryl methyl sites for hydroxylation is 1. The lowest BCUT2D eigenvalue weighted by Crippen LogP contribution is -2.11. The van der Waals surface area contributed by atoms with Crippen LogP contribution in [0.1, 0.15) is 36.9 Å². The Bertz CT molecular complexity index is 508. The summed E-state index contributed by atoms with van der Waals surface area (Å²) in [5.74, 6) is 0.712. The molecule has 0 spiro atoms. The third kappa shape index (κ3) is 1.45. The largest absolute Gasteiger partial charge is 0.361 e. The average Bonchev–Trinajstić information content (AvgIpc) is 3.07. The second-order valence-corrected chi connectivity index (χ2v) is 4.80. The highest BCUT2D eigenvalue weighted by Crippen LogP contribution is 2.41. The van der Waals surface area contributed by atoms with Crippen LogP contribution in [-0.2, 0) is 6.42 Å². The van der Waals surface area contributed by atoms with Crippen LogP contribution >= 0.6 is 0 Å². The summed E-state index contributed by atoms with van der Waals surface area (Å²) in [5, 5.41) is 1.32. The second-order valence-electron chi connectivity index (χ2n) is 4.80. The molecule has 1 aromatic heterocycles. The molecule has 1 heterocycles. The maximum atomic E-state index is 6.28. The Morgan fingerprint density at radius 1 is 1.44 bits per heavy atom. The SMILES string of the molecule is CCc1cccc2c(C(N)C3CC3)c[nH]c12. The van der Waals surface area contributed by atoms with E-state index in [9.17, 15) is 0 Å². The number of aromatic amines is 1. The van der Waals surface area contributed by atoms with Gasteiger partial charge in [0, 0.05) is 23.1 Å². The maximum Gasteiger partial charge on any atom is 0.0489 e. The van der Waals surface area contributed by atoms with E-state index in [1.165, 1.54) is 34.9 Å². The monoisotopic (exact) mass is 214 g/mol. The van der Waals surface area contributed by atoms with Crippen LogP contribution in [0.4, 0.5) is 0 Å². The molecule has 3 rings (SSSR count). The van der Waals surface area contributed by atoms with Crippen molar-refractivity contribution in [3.8, 4) is 0 Å². The number of benzene rings is 1. The first-order chi connectivity index (χ1) is 7.81. The van der Waals surface area contributed by atoms with Crippen molar-refractivity contribution in [2.24, 2.45) is 11.7 Å². The zero-order valence-corrected chi connectivity index (χ0v) is 9.66. The van der Waals surface area contributed by atoms with E-state index < -0.39 is 0 Å². The summed E-state index contributed by atoms with van der Waals surface area (Å²) in [6, 6.07) is 6.73. The smallest absolute Gasteiger partial charge is 0.0489 e. The molecule has 0 radical (unpaired) electrons. The summed E-state index contributed by atoms with van der Waals surface area (Å²) in [4.78, 5) is 3.39. The van der Waals surface area contributed by atoms with Gasteiger partial charge in [-0.3, -0.25) is 0 Å². The van der Waals surface area contributed by atoms with Crippen molar-refractivity contribution in [3.63, 3.8) is 0 Å². The van der Waals surface area contributed by atoms with Gasteiger partial charge in [-0.25, -0.2) is 0 Å². The van der Waals surface area contributed by atoms with Crippen LogP contribution in [0.5, 0.6) is 0 Å². The van der Waals surface area contributed by atoms with Gasteiger partial charge in [-0.1, -0.05) is 25.1 Å². The van der Waals surface area contributed by atoms with E-state index in [4.69, 9.17) is 5.73 Å². The van der Waals surface area contributed by atoms with Crippen LogP contribution in [0.25, 0.3) is 10.9 Å². The molecule has 0 saturated heterocycles. The normalized spacial score (nSPS) is 17.9. The van der Waals surface area contributed by atoms with E-state index in [2.05, 4.69) is 36.3 Å². The molecule has 2 nitrogen and oxygen atoms in total. The number of hydrogen-bond acceptors (Lipinski definition) is 1. The Morgan fingerprint density at radius 2 is 2.25 bits per heavy atom. The van der Waals surface area contributed by atoms with Crippen LogP contribution < -0.4 is 5.73 Å². The van der Waals surface area contributed by atoms with E-state index in [1.807, 2.05) is 0 Å². The van der Waals surface area contributed by atoms with E-state index in [-0.39, 0.29) is 6.04 Å². The van der Waals surface area contributed by atoms with E-state index in [0.717, 1.165) is 6.42 Å². The molecule has 1 aromatic carbocycles. The van der Waals surface area contributed by atoms with Gasteiger partial charge in [-0.15, -0.1) is 0 Å². The van der Waals surface area contributed by atoms with Gasteiger partial charge in [0.15, 0.2) is 0 Å². The highest BCUT2D eigenvalue weighted by atomic mass is 14.7. The molecule has 1 fully saturated rings. The molecule has 1 aliphatic carbocycles. The standard InChI is InChI=1S/C14H18N2/c1-2-9-4-3-5-11-12(8-16-14(9)11)13(15)10-6-7-10/h3-5,8,10,13,16H,2,6-7,15H2,1H3. The van der Waals surface area contributed by atoms with Crippen LogP contribution in [0.15, 0.2) is 24.4 Å². The molecule has 0 aliphatic heterocycles. The number of nitrogens with two attached hydrogens (primary N) is 1. The average molecular weight is 214 g/mol. The van der Waals surface area contributed by atoms with Crippen molar-refractivity contribution in [2.75, 3.05) is 0 Å². The summed E-state index contributed by atoms with van der Waals surface area (Å²) in [6.07, 6.45) is 5.76. The minimum atomic E-state index is 0.223. The molecule has 1 aliphatic rings. The number of nitrogens with one attached hydrogen (secondary N) is 1. The second kappa shape index (κ2) is 3.63. The maximum absolute atomic E-state index is 6.28. The molecule has 0 bridgehead atoms. The van der Waals surface area contributed by atoms with Gasteiger partial charge in [-0.05, 0) is 36.3 Å². The Hall–Kier alpha value is -1.28. The molecule has 1 atom stereocenters. The molecule has 3 N–H and O–H groups in total. The van der Waals surface area contributed by atoms with Crippen LogP contribution in [0.3, 0.4) is 0 Å². The Labute approximate surface area is 95.8 Å². The van der Waals surface area contributed by atoms with Gasteiger partial charge >= 0.3 is 0 Å². The molecule has 0 amide bonds. The lowest BCUT2D eigenvalue weighted by atomic mass is 10.0. The lowest BCUT2D eigenvalue weighted by Gasteiger charge is -2.09. The van der Waals surface area contributed by atoms with Crippen molar-refractivity contribution < 1.29 is 0 Å². The fraction of sp³-hybridized carbons (Fsp3) is 0.429. The van der Waals surface area contributed by atoms with E-state index in [1.54, 1.807) is 0 Å². The quantitative estimate of drug-likeness (QED) is 0.809. The Morgan fingerprint density at radius 3 is 2.94 bits per heavy atom. The summed E-state index contributed by atoms with van der Waals surface area (Å²) >= 11 is 0. The van der Waals surface area contributed by atoms with Crippen LogP contribution in [-0.4, -0.2) is 4.98 Å². The number of aromatic nitrogens is 1. The predicted octanol–water partition coefficient (Wildman–Crippen LogP) is 3.14. The summed E-state index contributed by atoms with van der Waals surface area (Å²) in [5.41, 5.74) is 10.2. The van der Waals surface area contributed by atoms with Gasteiger partial charge in [0.2, 0.25) is 0 Å². The molecular formula is C14H18N2. The third-order valence-electron chi connectivity index (χ3n) is 3.70. The van der Waals surface area contributed by atoms with E-state index in [0.29, 0.717) is 5.92 Å². The molecule has 16 heavy (non-hydrogen) atoms. The van der Waals surface area contributed by atoms with Gasteiger partial charge in [0.05, 0.1) is 0 Å². The molecule has 2 aromatic rings. The first-order valence-corrected chi connectivity index (χ1v) is 6.15. The number of hydrogen-bond donors (Lipinski definition) is 2. The van der Waals surface area contributed by atoms with E-state index >= 15 is 0 Å². The first kappa shape index (κ1) is 9.91. The molecular weight excluding hydrogens is 196 g/mol. The predicted molar refractivity (Wildman–Crippen MR) is 67.3 cm³/mol.